The Morgan fingerprint density at radius 1 is 1.29 bits per heavy atom. The maximum absolute atomic E-state index is 11.8. The van der Waals surface area contributed by atoms with E-state index in [1.54, 1.807) is 12.1 Å². The molecule has 7 heteroatoms. The average Bonchev–Trinajstić information content (AvgIpc) is 2.29. The predicted molar refractivity (Wildman–Crippen MR) is 66.9 cm³/mol. The highest BCUT2D eigenvalue weighted by molar-refractivity contribution is 9.10. The maximum atomic E-state index is 11.8. The third-order valence-corrected chi connectivity index (χ3v) is 2.48. The van der Waals surface area contributed by atoms with E-state index in [-0.39, 0.29) is 17.0 Å². The molecule has 0 aliphatic heterocycles. The zero-order valence-electron chi connectivity index (χ0n) is 8.39. The molecule has 86 valence electrons. The Morgan fingerprint density at radius 2 is 2.06 bits per heavy atom. The predicted octanol–water partition coefficient (Wildman–Crippen LogP) is 2.54. The maximum Gasteiger partial charge on any atom is 0.258 e. The van der Waals surface area contributed by atoms with Gasteiger partial charge in [0.15, 0.2) is 0 Å². The minimum Gasteiger partial charge on any atom is -0.290 e. The molecule has 0 atom stereocenters. The number of carbonyl (C=O) groups excluding carboxylic acids is 1. The number of carbonyl (C=O) groups is 1. The lowest BCUT2D eigenvalue weighted by Gasteiger charge is -2.03. The van der Waals surface area contributed by atoms with Gasteiger partial charge in [-0.15, -0.1) is 0 Å². The Balaban J connectivity index is 2.17. The molecule has 1 amide bonds. The molecule has 0 aliphatic carbocycles. The molecule has 5 nitrogen and oxygen atoms in total. The van der Waals surface area contributed by atoms with Crippen molar-refractivity contribution in [2.45, 2.75) is 0 Å². The van der Waals surface area contributed by atoms with Crippen LogP contribution in [0.4, 0.5) is 5.95 Å². The lowest BCUT2D eigenvalue weighted by atomic mass is 10.2. The summed E-state index contributed by atoms with van der Waals surface area (Å²) in [6.45, 7) is 0. The van der Waals surface area contributed by atoms with Gasteiger partial charge in [0.2, 0.25) is 5.95 Å². The topological polar surface area (TPSA) is 67.8 Å². The van der Waals surface area contributed by atoms with Crippen molar-refractivity contribution in [3.05, 3.63) is 45.9 Å². The minimum absolute atomic E-state index is 0.162. The highest BCUT2D eigenvalue weighted by Crippen LogP contribution is 2.10. The van der Waals surface area contributed by atoms with E-state index in [0.717, 1.165) is 0 Å². The van der Waals surface area contributed by atoms with Gasteiger partial charge in [-0.1, -0.05) is 11.6 Å². The summed E-state index contributed by atoms with van der Waals surface area (Å²) in [7, 11) is 0. The van der Waals surface area contributed by atoms with E-state index in [1.807, 2.05) is 0 Å². The van der Waals surface area contributed by atoms with Gasteiger partial charge in [0, 0.05) is 18.0 Å². The quantitative estimate of drug-likeness (QED) is 0.683. The van der Waals surface area contributed by atoms with Crippen molar-refractivity contribution in [2.75, 3.05) is 5.32 Å². The van der Waals surface area contributed by atoms with E-state index in [1.165, 1.54) is 18.5 Å². The Hall–Kier alpha value is -1.53. The highest BCUT2D eigenvalue weighted by atomic mass is 79.9. The molecule has 17 heavy (non-hydrogen) atoms. The number of anilines is 1. The van der Waals surface area contributed by atoms with Crippen LogP contribution in [0.1, 0.15) is 10.4 Å². The number of hydrogen-bond donors (Lipinski definition) is 1. The van der Waals surface area contributed by atoms with E-state index in [4.69, 9.17) is 11.6 Å². The average molecular weight is 314 g/mol. The molecule has 0 fully saturated rings. The molecule has 2 aromatic rings. The second-order valence-corrected chi connectivity index (χ2v) is 4.22. The molecule has 0 aromatic carbocycles. The fourth-order valence-corrected chi connectivity index (χ4v) is 1.62. The van der Waals surface area contributed by atoms with Gasteiger partial charge in [-0.25, -0.2) is 15.0 Å². The minimum atomic E-state index is -0.324. The molecule has 2 aromatic heterocycles. The van der Waals surface area contributed by atoms with Crippen LogP contribution in [-0.4, -0.2) is 20.9 Å². The second kappa shape index (κ2) is 5.20. The van der Waals surface area contributed by atoms with E-state index in [2.05, 4.69) is 36.2 Å². The number of nitrogens with zero attached hydrogens (tertiary/aromatic N) is 3. The van der Waals surface area contributed by atoms with Crippen molar-refractivity contribution in [1.29, 1.82) is 0 Å². The van der Waals surface area contributed by atoms with E-state index >= 15 is 0 Å². The third kappa shape index (κ3) is 3.21. The first-order chi connectivity index (χ1) is 8.15. The molecule has 0 radical (unpaired) electrons. The summed E-state index contributed by atoms with van der Waals surface area (Å²) in [6.07, 6.45) is 2.99. The van der Waals surface area contributed by atoms with Gasteiger partial charge < -0.3 is 0 Å². The molecule has 0 spiro atoms. The lowest BCUT2D eigenvalue weighted by molar-refractivity contribution is 0.102. The molecular weight excluding hydrogens is 307 g/mol. The summed E-state index contributed by atoms with van der Waals surface area (Å²) < 4.78 is 0.581. The first-order valence-electron chi connectivity index (χ1n) is 4.56. The number of hydrogen-bond acceptors (Lipinski definition) is 4. The normalized spacial score (nSPS) is 10.0. The molecule has 0 saturated heterocycles. The SMILES string of the molecule is O=C(Nc1nccc(Cl)n1)c1ccnc(Br)c1. The molecule has 0 aliphatic rings. The fraction of sp³-hybridized carbons (Fsp3) is 0. The van der Waals surface area contributed by atoms with Crippen molar-refractivity contribution in [3.63, 3.8) is 0 Å². The molecule has 0 unspecified atom stereocenters. The number of halogens is 2. The van der Waals surface area contributed by atoms with Gasteiger partial charge in [0.25, 0.3) is 5.91 Å². The molecule has 0 saturated carbocycles. The zero-order valence-corrected chi connectivity index (χ0v) is 10.7. The Bertz CT molecular complexity index is 564. The summed E-state index contributed by atoms with van der Waals surface area (Å²) in [6, 6.07) is 4.71. The number of pyridine rings is 1. The summed E-state index contributed by atoms with van der Waals surface area (Å²) in [5, 5.41) is 2.80. The largest absolute Gasteiger partial charge is 0.290 e. The van der Waals surface area contributed by atoms with Crippen LogP contribution in [0, 0.1) is 0 Å². The van der Waals surface area contributed by atoms with Crippen molar-refractivity contribution < 1.29 is 4.79 Å². The Labute approximate surface area is 110 Å². The standard InChI is InChI=1S/C10H6BrClN4O/c11-7-5-6(1-3-13-7)9(17)16-10-14-4-2-8(12)15-10/h1-5H,(H,14,15,16,17). The second-order valence-electron chi connectivity index (χ2n) is 3.02. The Kier molecular flexibility index (Phi) is 3.65. The van der Waals surface area contributed by atoms with E-state index < -0.39 is 0 Å². The smallest absolute Gasteiger partial charge is 0.258 e. The van der Waals surface area contributed by atoms with Crippen LogP contribution in [-0.2, 0) is 0 Å². The fourth-order valence-electron chi connectivity index (χ4n) is 1.11. The van der Waals surface area contributed by atoms with Gasteiger partial charge in [-0.05, 0) is 34.1 Å². The van der Waals surface area contributed by atoms with Crippen molar-refractivity contribution in [3.8, 4) is 0 Å². The first-order valence-corrected chi connectivity index (χ1v) is 5.74. The van der Waals surface area contributed by atoms with E-state index in [9.17, 15) is 4.79 Å². The van der Waals surface area contributed by atoms with Crippen molar-refractivity contribution in [1.82, 2.24) is 15.0 Å². The van der Waals surface area contributed by atoms with Crippen LogP contribution in [0.25, 0.3) is 0 Å². The Morgan fingerprint density at radius 3 is 2.76 bits per heavy atom. The summed E-state index contributed by atoms with van der Waals surface area (Å²) in [4.78, 5) is 23.5. The van der Waals surface area contributed by atoms with Crippen molar-refractivity contribution in [2.24, 2.45) is 0 Å². The number of amides is 1. The van der Waals surface area contributed by atoms with Crippen LogP contribution >= 0.6 is 27.5 Å². The van der Waals surface area contributed by atoms with Crippen LogP contribution in [0.5, 0.6) is 0 Å². The molecule has 0 bridgehead atoms. The van der Waals surface area contributed by atoms with Crippen molar-refractivity contribution >= 4 is 39.4 Å². The molecule has 2 rings (SSSR count). The zero-order chi connectivity index (χ0) is 12.3. The van der Waals surface area contributed by atoms with Crippen LogP contribution in [0.2, 0.25) is 5.15 Å². The first kappa shape index (κ1) is 11.9. The van der Waals surface area contributed by atoms with Gasteiger partial charge in [-0.3, -0.25) is 10.1 Å². The van der Waals surface area contributed by atoms with Gasteiger partial charge in [0.05, 0.1) is 0 Å². The monoisotopic (exact) mass is 312 g/mol. The molecular formula is C10H6BrClN4O. The number of nitrogens with one attached hydrogen (secondary N) is 1. The lowest BCUT2D eigenvalue weighted by Crippen LogP contribution is -2.14. The summed E-state index contributed by atoms with van der Waals surface area (Å²) in [5.74, 6) is -0.161. The number of aromatic nitrogens is 3. The van der Waals surface area contributed by atoms with Gasteiger partial charge in [0.1, 0.15) is 9.76 Å². The van der Waals surface area contributed by atoms with Gasteiger partial charge in [-0.2, -0.15) is 0 Å². The summed E-state index contributed by atoms with van der Waals surface area (Å²) >= 11 is 8.86. The van der Waals surface area contributed by atoms with Crippen LogP contribution < -0.4 is 5.32 Å². The molecule has 2 heterocycles. The molecule has 1 N–H and O–H groups in total. The van der Waals surface area contributed by atoms with Crippen LogP contribution in [0.15, 0.2) is 35.2 Å². The van der Waals surface area contributed by atoms with Crippen LogP contribution in [0.3, 0.4) is 0 Å². The summed E-state index contributed by atoms with van der Waals surface area (Å²) in [5.41, 5.74) is 0.454. The van der Waals surface area contributed by atoms with Gasteiger partial charge >= 0.3 is 0 Å². The third-order valence-electron chi connectivity index (χ3n) is 1.84. The number of rotatable bonds is 2. The highest BCUT2D eigenvalue weighted by Gasteiger charge is 2.08. The van der Waals surface area contributed by atoms with E-state index in [0.29, 0.717) is 10.2 Å².